The summed E-state index contributed by atoms with van der Waals surface area (Å²) in [6, 6.07) is 12.0. The summed E-state index contributed by atoms with van der Waals surface area (Å²) < 4.78 is 85.0. The van der Waals surface area contributed by atoms with Crippen LogP contribution in [0.1, 0.15) is 12.0 Å². The monoisotopic (exact) mass is 759 g/mol. The maximum atomic E-state index is 13.5. The number of nitrogens with zero attached hydrogens (tertiary/aromatic N) is 3. The molecule has 3 unspecified atom stereocenters. The van der Waals surface area contributed by atoms with Gasteiger partial charge in [0.15, 0.2) is 0 Å². The smallest absolute Gasteiger partial charge is 0.382 e. The van der Waals surface area contributed by atoms with Gasteiger partial charge in [-0.05, 0) is 43.3 Å². The van der Waals surface area contributed by atoms with Gasteiger partial charge in [-0.25, -0.2) is 0 Å². The predicted molar refractivity (Wildman–Crippen MR) is 194 cm³/mol. The van der Waals surface area contributed by atoms with Gasteiger partial charge in [-0.3, -0.25) is 4.90 Å². The maximum absolute atomic E-state index is 13.5. The fourth-order valence-electron chi connectivity index (χ4n) is 5.96. The van der Waals surface area contributed by atoms with Crippen LogP contribution in [0.3, 0.4) is 0 Å². The number of methoxy groups -OCH3 is 4. The van der Waals surface area contributed by atoms with E-state index in [9.17, 15) is 13.2 Å². The maximum Gasteiger partial charge on any atom is 0.416 e. The fourth-order valence-corrected chi connectivity index (χ4v) is 7.04. The normalized spacial score (nSPS) is 17.2. The Hall–Kier alpha value is -2.02. The van der Waals surface area contributed by atoms with E-state index in [0.717, 1.165) is 61.2 Å². The number of hydrogen-bond donors (Lipinski definition) is 0. The zero-order chi connectivity index (χ0) is 37.2. The van der Waals surface area contributed by atoms with E-state index in [4.69, 9.17) is 37.9 Å². The van der Waals surface area contributed by atoms with Crippen LogP contribution in [0.15, 0.2) is 52.3 Å². The molecule has 2 aliphatic heterocycles. The lowest BCUT2D eigenvalue weighted by atomic mass is 10.1. The van der Waals surface area contributed by atoms with Gasteiger partial charge in [0.2, 0.25) is 0 Å². The quantitative estimate of drug-likeness (QED) is 0.127. The largest absolute Gasteiger partial charge is 0.416 e. The molecule has 4 rings (SSSR count). The van der Waals surface area contributed by atoms with Crippen LogP contribution in [-0.2, 0) is 44.1 Å². The lowest BCUT2D eigenvalue weighted by molar-refractivity contribution is -0.137. The lowest BCUT2D eigenvalue weighted by Gasteiger charge is -2.36. The second kappa shape index (κ2) is 23.0. The van der Waals surface area contributed by atoms with E-state index in [2.05, 4.69) is 14.7 Å². The summed E-state index contributed by atoms with van der Waals surface area (Å²) in [6.45, 7) is 10.2. The van der Waals surface area contributed by atoms with Gasteiger partial charge in [0, 0.05) is 77.5 Å². The van der Waals surface area contributed by atoms with Crippen molar-refractivity contribution < 1.29 is 51.1 Å². The number of para-hydroxylation sites is 1. The van der Waals surface area contributed by atoms with Gasteiger partial charge in [-0.1, -0.05) is 23.9 Å². The molecule has 1 saturated heterocycles. The van der Waals surface area contributed by atoms with Crippen LogP contribution in [0.25, 0.3) is 0 Å². The Morgan fingerprint density at radius 2 is 1.17 bits per heavy atom. The number of fused-ring (bicyclic) bond motifs is 2. The SMILES string of the molecule is COCC(COCC(COCC(COCCOCCN1CCN(CCCN2c3ccccc3Sc3ccc(C(F)(F)F)cc32)CC1)OC)OC)OC. The van der Waals surface area contributed by atoms with Crippen LogP contribution in [0.5, 0.6) is 0 Å². The number of alkyl halides is 3. The Kier molecular flexibility index (Phi) is 18.9. The van der Waals surface area contributed by atoms with Gasteiger partial charge in [-0.2, -0.15) is 13.2 Å². The molecule has 2 aliphatic rings. The van der Waals surface area contributed by atoms with Crippen LogP contribution >= 0.6 is 11.8 Å². The molecule has 294 valence electrons. The topological polar surface area (TPSA) is 83.6 Å². The molecule has 0 aliphatic carbocycles. The number of ether oxygens (including phenoxy) is 8. The number of anilines is 2. The molecule has 0 N–H and O–H groups in total. The van der Waals surface area contributed by atoms with E-state index >= 15 is 0 Å². The highest BCUT2D eigenvalue weighted by Gasteiger charge is 2.33. The van der Waals surface area contributed by atoms with Crippen LogP contribution < -0.4 is 4.90 Å². The van der Waals surface area contributed by atoms with Crippen LogP contribution in [0.4, 0.5) is 24.5 Å². The van der Waals surface area contributed by atoms with E-state index in [1.54, 1.807) is 34.5 Å². The third-order valence-corrected chi connectivity index (χ3v) is 10.2. The van der Waals surface area contributed by atoms with E-state index in [1.807, 2.05) is 24.3 Å². The Labute approximate surface area is 310 Å². The van der Waals surface area contributed by atoms with E-state index in [1.165, 1.54) is 23.9 Å². The summed E-state index contributed by atoms with van der Waals surface area (Å²) in [6.07, 6.45) is -4.07. The predicted octanol–water partition coefficient (Wildman–Crippen LogP) is 5.07. The first-order valence-corrected chi connectivity index (χ1v) is 18.7. The summed E-state index contributed by atoms with van der Waals surface area (Å²) in [4.78, 5) is 8.80. The molecule has 0 spiro atoms. The average molecular weight is 760 g/mol. The molecule has 0 amide bonds. The summed E-state index contributed by atoms with van der Waals surface area (Å²) in [7, 11) is 6.50. The molecular weight excluding hydrogens is 703 g/mol. The fraction of sp³-hybridized carbons (Fsp3) is 0.676. The van der Waals surface area contributed by atoms with Crippen molar-refractivity contribution in [3.8, 4) is 0 Å². The van der Waals surface area contributed by atoms with Crippen molar-refractivity contribution in [1.29, 1.82) is 0 Å². The standard InChI is InChI=1S/C37H56F3N3O8S/c1-44-23-30(45-2)25-50-27-32(47-4)28-51-26-31(46-3)24-49-21-20-48-19-18-42-16-14-41(15-17-42)12-7-13-43-33-8-5-6-9-35(33)52-36-11-10-29(22-34(36)43)37(38,39)40/h5-6,8-11,22,30-32H,7,12-21,23-28H2,1-4H3. The first-order valence-electron chi connectivity index (χ1n) is 17.8. The molecule has 2 heterocycles. The molecule has 0 bridgehead atoms. The summed E-state index contributed by atoms with van der Waals surface area (Å²) >= 11 is 1.52. The van der Waals surface area contributed by atoms with Gasteiger partial charge < -0.3 is 47.7 Å². The molecule has 15 heteroatoms. The Morgan fingerprint density at radius 1 is 0.615 bits per heavy atom. The number of rotatable bonds is 25. The molecular formula is C37H56F3N3O8S. The lowest BCUT2D eigenvalue weighted by Crippen LogP contribution is -2.47. The minimum absolute atomic E-state index is 0.127. The number of halogens is 3. The van der Waals surface area contributed by atoms with E-state index < -0.39 is 11.7 Å². The minimum atomic E-state index is -4.38. The van der Waals surface area contributed by atoms with Crippen LogP contribution in [0, 0.1) is 0 Å². The molecule has 0 radical (unpaired) electrons. The highest BCUT2D eigenvalue weighted by atomic mass is 32.2. The van der Waals surface area contributed by atoms with Gasteiger partial charge in [0.1, 0.15) is 18.3 Å². The second-order valence-corrected chi connectivity index (χ2v) is 13.8. The highest BCUT2D eigenvalue weighted by molar-refractivity contribution is 7.99. The zero-order valence-corrected chi connectivity index (χ0v) is 31.8. The van der Waals surface area contributed by atoms with E-state index in [0.29, 0.717) is 71.7 Å². The Morgan fingerprint density at radius 3 is 1.79 bits per heavy atom. The van der Waals surface area contributed by atoms with Crippen LogP contribution in [-0.4, -0.2) is 162 Å². The molecule has 2 aromatic carbocycles. The minimum Gasteiger partial charge on any atom is -0.382 e. The Balaban J connectivity index is 1.04. The molecule has 52 heavy (non-hydrogen) atoms. The molecule has 2 aromatic rings. The van der Waals surface area contributed by atoms with Crippen molar-refractivity contribution in [2.24, 2.45) is 0 Å². The molecule has 1 fully saturated rings. The van der Waals surface area contributed by atoms with Gasteiger partial charge in [0.05, 0.1) is 76.4 Å². The van der Waals surface area contributed by atoms with Crippen LogP contribution in [0.2, 0.25) is 0 Å². The summed E-state index contributed by atoms with van der Waals surface area (Å²) in [5.41, 5.74) is 0.980. The van der Waals surface area contributed by atoms with E-state index in [-0.39, 0.29) is 18.3 Å². The average Bonchev–Trinajstić information content (AvgIpc) is 3.15. The second-order valence-electron chi connectivity index (χ2n) is 12.7. The van der Waals surface area contributed by atoms with Gasteiger partial charge >= 0.3 is 6.18 Å². The van der Waals surface area contributed by atoms with Gasteiger partial charge in [-0.15, -0.1) is 0 Å². The molecule has 0 aromatic heterocycles. The van der Waals surface area contributed by atoms with Crippen molar-refractivity contribution in [3.63, 3.8) is 0 Å². The summed E-state index contributed by atoms with van der Waals surface area (Å²) in [5, 5.41) is 0. The first kappa shape index (κ1) is 42.7. The third-order valence-electron chi connectivity index (χ3n) is 9.07. The molecule has 11 nitrogen and oxygen atoms in total. The zero-order valence-electron chi connectivity index (χ0n) is 30.9. The number of benzene rings is 2. The number of hydrogen-bond acceptors (Lipinski definition) is 12. The van der Waals surface area contributed by atoms with Crippen molar-refractivity contribution >= 4 is 23.1 Å². The molecule has 0 saturated carbocycles. The summed E-state index contributed by atoms with van der Waals surface area (Å²) in [5.74, 6) is 0. The number of piperazine rings is 1. The molecule has 3 atom stereocenters. The van der Waals surface area contributed by atoms with Crippen molar-refractivity contribution in [2.45, 2.75) is 40.7 Å². The third kappa shape index (κ3) is 14.0. The first-order chi connectivity index (χ1) is 25.2. The van der Waals surface area contributed by atoms with Crippen molar-refractivity contribution in [1.82, 2.24) is 9.80 Å². The highest BCUT2D eigenvalue weighted by Crippen LogP contribution is 2.49. The van der Waals surface area contributed by atoms with Crippen molar-refractivity contribution in [2.75, 3.05) is 139 Å². The van der Waals surface area contributed by atoms with Gasteiger partial charge in [0.25, 0.3) is 0 Å². The Bertz CT molecular complexity index is 1290. The van der Waals surface area contributed by atoms with Crippen molar-refractivity contribution in [3.05, 3.63) is 48.0 Å².